The molecule has 0 heterocycles. The normalized spacial score (nSPS) is 10.3. The molecule has 0 aliphatic heterocycles. The second-order valence-corrected chi connectivity index (χ2v) is 4.80. The van der Waals surface area contributed by atoms with Gasteiger partial charge >= 0.3 is 0 Å². The molecule has 19 heavy (non-hydrogen) atoms. The van der Waals surface area contributed by atoms with E-state index in [9.17, 15) is 4.79 Å². The van der Waals surface area contributed by atoms with Gasteiger partial charge in [0.05, 0.1) is 0 Å². The van der Waals surface area contributed by atoms with Crippen molar-refractivity contribution in [3.05, 3.63) is 64.7 Å². The molecule has 0 amide bonds. The van der Waals surface area contributed by atoms with E-state index in [2.05, 4.69) is 32.0 Å². The van der Waals surface area contributed by atoms with Gasteiger partial charge in [-0.3, -0.25) is 4.79 Å². The molecule has 0 aliphatic carbocycles. The highest BCUT2D eigenvalue weighted by atomic mass is 16.5. The molecule has 0 aromatic heterocycles. The fourth-order valence-corrected chi connectivity index (χ4v) is 1.95. The molecule has 0 spiro atoms. The van der Waals surface area contributed by atoms with Gasteiger partial charge in [-0.25, -0.2) is 0 Å². The second-order valence-electron chi connectivity index (χ2n) is 4.80. The molecule has 2 aromatic rings. The molecule has 0 N–H and O–H groups in total. The highest BCUT2D eigenvalue weighted by Crippen LogP contribution is 2.16. The lowest BCUT2D eigenvalue weighted by molar-refractivity contribution is 0.101. The summed E-state index contributed by atoms with van der Waals surface area (Å²) >= 11 is 0. The Bertz CT molecular complexity index is 583. The predicted octanol–water partition coefficient (Wildman–Crippen LogP) is 4.09. The van der Waals surface area contributed by atoms with Crippen molar-refractivity contribution in [3.63, 3.8) is 0 Å². The smallest absolute Gasteiger partial charge is 0.159 e. The second kappa shape index (κ2) is 5.70. The van der Waals surface area contributed by atoms with Crippen LogP contribution in [0.25, 0.3) is 0 Å². The fraction of sp³-hybridized carbons (Fsp3) is 0.235. The third-order valence-electron chi connectivity index (χ3n) is 3.15. The van der Waals surface area contributed by atoms with Gasteiger partial charge < -0.3 is 4.74 Å². The molecule has 0 atom stereocenters. The number of hydrogen-bond donors (Lipinski definition) is 0. The van der Waals surface area contributed by atoms with Crippen LogP contribution in [-0.4, -0.2) is 5.78 Å². The van der Waals surface area contributed by atoms with E-state index in [4.69, 9.17) is 4.74 Å². The molecule has 2 aromatic carbocycles. The van der Waals surface area contributed by atoms with Crippen molar-refractivity contribution < 1.29 is 9.53 Å². The Balaban J connectivity index is 2.04. The summed E-state index contributed by atoms with van der Waals surface area (Å²) in [7, 11) is 0. The standard InChI is InChI=1S/C17H18O2/c1-12-4-5-16(13(2)10-12)11-19-17-8-6-15(7-9-17)14(3)18/h4-10H,11H2,1-3H3. The van der Waals surface area contributed by atoms with Gasteiger partial charge in [-0.15, -0.1) is 0 Å². The lowest BCUT2D eigenvalue weighted by atomic mass is 10.1. The number of hydrogen-bond acceptors (Lipinski definition) is 2. The van der Waals surface area contributed by atoms with Crippen LogP contribution in [-0.2, 0) is 6.61 Å². The van der Waals surface area contributed by atoms with Crippen LogP contribution in [0, 0.1) is 13.8 Å². The van der Waals surface area contributed by atoms with Gasteiger partial charge in [0.15, 0.2) is 5.78 Å². The number of ketones is 1. The van der Waals surface area contributed by atoms with Gasteiger partial charge in [0, 0.05) is 5.56 Å². The van der Waals surface area contributed by atoms with Gasteiger partial charge in [0.2, 0.25) is 0 Å². The van der Waals surface area contributed by atoms with E-state index in [0.29, 0.717) is 12.2 Å². The van der Waals surface area contributed by atoms with Crippen molar-refractivity contribution in [2.24, 2.45) is 0 Å². The molecular formula is C17H18O2. The minimum atomic E-state index is 0.0703. The quantitative estimate of drug-likeness (QED) is 0.768. The monoisotopic (exact) mass is 254 g/mol. The molecule has 0 saturated carbocycles. The van der Waals surface area contributed by atoms with E-state index in [1.807, 2.05) is 12.1 Å². The Morgan fingerprint density at radius 1 is 1.05 bits per heavy atom. The van der Waals surface area contributed by atoms with Crippen LogP contribution in [0.3, 0.4) is 0 Å². The first-order chi connectivity index (χ1) is 9.06. The SMILES string of the molecule is CC(=O)c1ccc(OCc2ccc(C)cc2C)cc1. The number of benzene rings is 2. The van der Waals surface area contributed by atoms with Gasteiger partial charge in [-0.2, -0.15) is 0 Å². The summed E-state index contributed by atoms with van der Waals surface area (Å²) < 4.78 is 5.74. The van der Waals surface area contributed by atoms with Crippen LogP contribution in [0.2, 0.25) is 0 Å². The summed E-state index contributed by atoms with van der Waals surface area (Å²) in [6.45, 7) is 6.28. The summed E-state index contributed by atoms with van der Waals surface area (Å²) in [6, 6.07) is 13.6. The maximum absolute atomic E-state index is 11.2. The van der Waals surface area contributed by atoms with E-state index in [1.54, 1.807) is 19.1 Å². The Morgan fingerprint density at radius 3 is 2.32 bits per heavy atom. The van der Waals surface area contributed by atoms with Crippen LogP contribution in [0.15, 0.2) is 42.5 Å². The van der Waals surface area contributed by atoms with E-state index < -0.39 is 0 Å². The van der Waals surface area contributed by atoms with Crippen molar-refractivity contribution in [1.29, 1.82) is 0 Å². The van der Waals surface area contributed by atoms with E-state index >= 15 is 0 Å². The first-order valence-electron chi connectivity index (χ1n) is 6.36. The highest BCUT2D eigenvalue weighted by Gasteiger charge is 2.02. The molecule has 98 valence electrons. The zero-order chi connectivity index (χ0) is 13.8. The molecule has 0 fully saturated rings. The molecule has 0 saturated heterocycles. The Hall–Kier alpha value is -2.09. The minimum Gasteiger partial charge on any atom is -0.489 e. The molecule has 0 aliphatic rings. The number of rotatable bonds is 4. The number of aryl methyl sites for hydroxylation is 2. The minimum absolute atomic E-state index is 0.0703. The van der Waals surface area contributed by atoms with Gasteiger partial charge in [0.1, 0.15) is 12.4 Å². The van der Waals surface area contributed by atoms with Crippen molar-refractivity contribution in [1.82, 2.24) is 0 Å². The van der Waals surface area contributed by atoms with E-state index in [-0.39, 0.29) is 5.78 Å². The first-order valence-corrected chi connectivity index (χ1v) is 6.36. The van der Waals surface area contributed by atoms with Crippen LogP contribution in [0.5, 0.6) is 5.75 Å². The lowest BCUT2D eigenvalue weighted by Gasteiger charge is -2.09. The molecule has 2 heteroatoms. The Morgan fingerprint density at radius 2 is 1.74 bits per heavy atom. The summed E-state index contributed by atoms with van der Waals surface area (Å²) in [4.78, 5) is 11.2. The third-order valence-corrected chi connectivity index (χ3v) is 3.15. The first kappa shape index (κ1) is 13.3. The lowest BCUT2D eigenvalue weighted by Crippen LogP contribution is -1.99. The highest BCUT2D eigenvalue weighted by molar-refractivity contribution is 5.94. The molecule has 0 bridgehead atoms. The molecule has 2 nitrogen and oxygen atoms in total. The maximum Gasteiger partial charge on any atom is 0.159 e. The molecule has 2 rings (SSSR count). The summed E-state index contributed by atoms with van der Waals surface area (Å²) in [5.74, 6) is 0.853. The van der Waals surface area contributed by atoms with Crippen LogP contribution in [0.4, 0.5) is 0 Å². The number of ether oxygens (including phenoxy) is 1. The number of carbonyl (C=O) groups is 1. The molecule has 0 radical (unpaired) electrons. The summed E-state index contributed by atoms with van der Waals surface area (Å²) in [6.07, 6.45) is 0. The number of Topliss-reactive ketones (excluding diaryl/α,β-unsaturated/α-hetero) is 1. The Kier molecular flexibility index (Phi) is 4.00. The van der Waals surface area contributed by atoms with E-state index in [1.165, 1.54) is 16.7 Å². The van der Waals surface area contributed by atoms with Gasteiger partial charge in [0.25, 0.3) is 0 Å². The average Bonchev–Trinajstić information content (AvgIpc) is 2.38. The van der Waals surface area contributed by atoms with Crippen LogP contribution < -0.4 is 4.74 Å². The van der Waals surface area contributed by atoms with Crippen LogP contribution >= 0.6 is 0 Å². The van der Waals surface area contributed by atoms with Gasteiger partial charge in [-0.05, 0) is 56.2 Å². The van der Waals surface area contributed by atoms with Crippen molar-refractivity contribution in [2.45, 2.75) is 27.4 Å². The summed E-state index contributed by atoms with van der Waals surface area (Å²) in [5.41, 5.74) is 4.38. The third kappa shape index (κ3) is 3.44. The molecule has 0 unspecified atom stereocenters. The fourth-order valence-electron chi connectivity index (χ4n) is 1.95. The van der Waals surface area contributed by atoms with E-state index in [0.717, 1.165) is 5.75 Å². The van der Waals surface area contributed by atoms with Crippen molar-refractivity contribution >= 4 is 5.78 Å². The largest absolute Gasteiger partial charge is 0.489 e. The van der Waals surface area contributed by atoms with Crippen LogP contribution in [0.1, 0.15) is 34.0 Å². The predicted molar refractivity (Wildman–Crippen MR) is 76.7 cm³/mol. The maximum atomic E-state index is 11.2. The Labute approximate surface area is 114 Å². The number of carbonyl (C=O) groups excluding carboxylic acids is 1. The molecular weight excluding hydrogens is 236 g/mol. The van der Waals surface area contributed by atoms with Crippen molar-refractivity contribution in [2.75, 3.05) is 0 Å². The zero-order valence-electron chi connectivity index (χ0n) is 11.6. The van der Waals surface area contributed by atoms with Crippen molar-refractivity contribution in [3.8, 4) is 5.75 Å². The zero-order valence-corrected chi connectivity index (χ0v) is 11.6. The summed E-state index contributed by atoms with van der Waals surface area (Å²) in [5, 5.41) is 0. The topological polar surface area (TPSA) is 26.3 Å². The van der Waals surface area contributed by atoms with Gasteiger partial charge in [-0.1, -0.05) is 23.8 Å². The average molecular weight is 254 g/mol.